The molecule has 0 saturated heterocycles. The summed E-state index contributed by atoms with van der Waals surface area (Å²) < 4.78 is 0. The number of aryl methyl sites for hydroxylation is 4. The SMILES string of the molecule is Cc1cc(C)cc(-c2cccc(-c3cc(C)cc(C)c3)c2C(=O)O)c1. The molecule has 0 fully saturated rings. The quantitative estimate of drug-likeness (QED) is 0.644. The van der Waals surface area contributed by atoms with Gasteiger partial charge >= 0.3 is 5.97 Å². The van der Waals surface area contributed by atoms with E-state index in [1.807, 2.05) is 70.2 Å². The van der Waals surface area contributed by atoms with Gasteiger partial charge in [0.25, 0.3) is 0 Å². The minimum Gasteiger partial charge on any atom is -0.478 e. The zero-order valence-electron chi connectivity index (χ0n) is 15.1. The van der Waals surface area contributed by atoms with Gasteiger partial charge in [-0.25, -0.2) is 4.79 Å². The van der Waals surface area contributed by atoms with E-state index in [1.165, 1.54) is 0 Å². The first kappa shape index (κ1) is 17.0. The molecule has 0 atom stereocenters. The molecular weight excluding hydrogens is 308 g/mol. The van der Waals surface area contributed by atoms with Crippen molar-refractivity contribution in [1.82, 2.24) is 0 Å². The third-order valence-electron chi connectivity index (χ3n) is 4.34. The number of carboxylic acid groups (broad SMARTS) is 1. The Bertz CT molecular complexity index is 858. The smallest absolute Gasteiger partial charge is 0.336 e. The van der Waals surface area contributed by atoms with Crippen molar-refractivity contribution in [3.8, 4) is 22.3 Å². The van der Waals surface area contributed by atoms with E-state index < -0.39 is 5.97 Å². The average Bonchev–Trinajstić information content (AvgIpc) is 2.52. The van der Waals surface area contributed by atoms with Crippen LogP contribution in [-0.2, 0) is 0 Å². The molecule has 1 N–H and O–H groups in total. The highest BCUT2D eigenvalue weighted by Crippen LogP contribution is 2.34. The lowest BCUT2D eigenvalue weighted by molar-refractivity contribution is 0.0698. The molecule has 2 nitrogen and oxygen atoms in total. The van der Waals surface area contributed by atoms with Crippen molar-refractivity contribution < 1.29 is 9.90 Å². The minimum atomic E-state index is -0.899. The predicted molar refractivity (Wildman–Crippen MR) is 103 cm³/mol. The molecule has 0 heterocycles. The highest BCUT2D eigenvalue weighted by molar-refractivity contribution is 6.03. The summed E-state index contributed by atoms with van der Waals surface area (Å²) in [6.45, 7) is 8.13. The van der Waals surface area contributed by atoms with E-state index >= 15 is 0 Å². The largest absolute Gasteiger partial charge is 0.478 e. The second-order valence-electron chi connectivity index (χ2n) is 6.79. The summed E-state index contributed by atoms with van der Waals surface area (Å²) in [5.41, 5.74) is 8.28. The molecule has 3 aromatic rings. The second kappa shape index (κ2) is 6.56. The van der Waals surface area contributed by atoms with Gasteiger partial charge in [0.05, 0.1) is 5.56 Å². The van der Waals surface area contributed by atoms with E-state index in [-0.39, 0.29) is 0 Å². The Morgan fingerprint density at radius 2 is 1.04 bits per heavy atom. The molecule has 0 saturated carbocycles. The van der Waals surface area contributed by atoms with E-state index in [9.17, 15) is 9.90 Å². The van der Waals surface area contributed by atoms with E-state index in [0.29, 0.717) is 5.56 Å². The molecular formula is C23H22O2. The summed E-state index contributed by atoms with van der Waals surface area (Å²) in [5.74, 6) is -0.899. The number of benzene rings is 3. The van der Waals surface area contributed by atoms with Crippen LogP contribution in [0.1, 0.15) is 32.6 Å². The van der Waals surface area contributed by atoms with Crippen LogP contribution in [0.5, 0.6) is 0 Å². The van der Waals surface area contributed by atoms with Crippen LogP contribution in [0.3, 0.4) is 0 Å². The zero-order valence-corrected chi connectivity index (χ0v) is 15.1. The van der Waals surface area contributed by atoms with E-state index in [2.05, 4.69) is 12.1 Å². The molecule has 0 bridgehead atoms. The summed E-state index contributed by atoms with van der Waals surface area (Å²) in [4.78, 5) is 12.1. The zero-order chi connectivity index (χ0) is 18.1. The molecule has 126 valence electrons. The average molecular weight is 330 g/mol. The molecule has 3 rings (SSSR count). The fraction of sp³-hybridized carbons (Fsp3) is 0.174. The summed E-state index contributed by atoms with van der Waals surface area (Å²) in [5, 5.41) is 9.95. The number of aromatic carboxylic acids is 1. The van der Waals surface area contributed by atoms with Crippen LogP contribution in [0.2, 0.25) is 0 Å². The molecule has 0 unspecified atom stereocenters. The lowest BCUT2D eigenvalue weighted by Crippen LogP contribution is -2.03. The molecule has 0 aromatic heterocycles. The van der Waals surface area contributed by atoms with Gasteiger partial charge < -0.3 is 5.11 Å². The predicted octanol–water partition coefficient (Wildman–Crippen LogP) is 5.95. The lowest BCUT2D eigenvalue weighted by Gasteiger charge is -2.14. The lowest BCUT2D eigenvalue weighted by atomic mass is 9.89. The van der Waals surface area contributed by atoms with Crippen molar-refractivity contribution in [2.24, 2.45) is 0 Å². The van der Waals surface area contributed by atoms with Gasteiger partial charge in [-0.2, -0.15) is 0 Å². The maximum absolute atomic E-state index is 12.1. The molecule has 25 heavy (non-hydrogen) atoms. The molecule has 0 aliphatic rings. The number of hydrogen-bond acceptors (Lipinski definition) is 1. The van der Waals surface area contributed by atoms with E-state index in [4.69, 9.17) is 0 Å². The Labute approximate surface area is 148 Å². The third-order valence-corrected chi connectivity index (χ3v) is 4.34. The Kier molecular flexibility index (Phi) is 4.45. The minimum absolute atomic E-state index is 0.359. The molecule has 0 aliphatic carbocycles. The number of carboxylic acids is 1. The first-order chi connectivity index (χ1) is 11.8. The van der Waals surface area contributed by atoms with Gasteiger partial charge in [0, 0.05) is 0 Å². The van der Waals surface area contributed by atoms with Gasteiger partial charge in [-0.1, -0.05) is 76.9 Å². The van der Waals surface area contributed by atoms with Crippen molar-refractivity contribution >= 4 is 5.97 Å². The van der Waals surface area contributed by atoms with Gasteiger partial charge in [-0.3, -0.25) is 0 Å². The van der Waals surface area contributed by atoms with Crippen LogP contribution in [0.15, 0.2) is 54.6 Å². The fourth-order valence-corrected chi connectivity index (χ4v) is 3.52. The first-order valence-electron chi connectivity index (χ1n) is 8.39. The highest BCUT2D eigenvalue weighted by Gasteiger charge is 2.18. The fourth-order valence-electron chi connectivity index (χ4n) is 3.52. The number of carbonyl (C=O) groups is 1. The number of hydrogen-bond donors (Lipinski definition) is 1. The van der Waals surface area contributed by atoms with Crippen LogP contribution in [0.4, 0.5) is 0 Å². The highest BCUT2D eigenvalue weighted by atomic mass is 16.4. The van der Waals surface area contributed by atoms with Crippen molar-refractivity contribution in [1.29, 1.82) is 0 Å². The third kappa shape index (κ3) is 3.48. The molecule has 2 heteroatoms. The van der Waals surface area contributed by atoms with Crippen LogP contribution >= 0.6 is 0 Å². The first-order valence-corrected chi connectivity index (χ1v) is 8.39. The Hall–Kier alpha value is -2.87. The number of rotatable bonds is 3. The summed E-state index contributed by atoms with van der Waals surface area (Å²) in [6.07, 6.45) is 0. The summed E-state index contributed by atoms with van der Waals surface area (Å²) in [7, 11) is 0. The van der Waals surface area contributed by atoms with Crippen LogP contribution in [-0.4, -0.2) is 11.1 Å². The Balaban J connectivity index is 2.30. The van der Waals surface area contributed by atoms with Crippen LogP contribution in [0.25, 0.3) is 22.3 Å². The summed E-state index contributed by atoms with van der Waals surface area (Å²) >= 11 is 0. The van der Waals surface area contributed by atoms with Crippen LogP contribution < -0.4 is 0 Å². The van der Waals surface area contributed by atoms with Gasteiger partial charge in [-0.05, 0) is 49.9 Å². The van der Waals surface area contributed by atoms with Crippen molar-refractivity contribution in [2.45, 2.75) is 27.7 Å². The topological polar surface area (TPSA) is 37.3 Å². The Morgan fingerprint density at radius 1 is 0.680 bits per heavy atom. The maximum Gasteiger partial charge on any atom is 0.336 e. The van der Waals surface area contributed by atoms with E-state index in [0.717, 1.165) is 44.5 Å². The summed E-state index contributed by atoms with van der Waals surface area (Å²) in [6, 6.07) is 18.1. The van der Waals surface area contributed by atoms with Gasteiger partial charge in [0.2, 0.25) is 0 Å². The molecule has 0 spiro atoms. The van der Waals surface area contributed by atoms with E-state index in [1.54, 1.807) is 0 Å². The van der Waals surface area contributed by atoms with Crippen molar-refractivity contribution in [3.05, 3.63) is 82.4 Å². The van der Waals surface area contributed by atoms with Gasteiger partial charge in [0.15, 0.2) is 0 Å². The van der Waals surface area contributed by atoms with Gasteiger partial charge in [-0.15, -0.1) is 0 Å². The standard InChI is InChI=1S/C23H22O2/c1-14-8-15(2)11-18(10-14)20-6-5-7-21(22(20)23(24)25)19-12-16(3)9-17(4)13-19/h5-13H,1-4H3,(H,24,25). The monoisotopic (exact) mass is 330 g/mol. The van der Waals surface area contributed by atoms with Crippen molar-refractivity contribution in [3.63, 3.8) is 0 Å². The molecule has 0 radical (unpaired) electrons. The molecule has 3 aromatic carbocycles. The normalized spacial score (nSPS) is 10.7. The molecule has 0 aliphatic heterocycles. The van der Waals surface area contributed by atoms with Crippen molar-refractivity contribution in [2.75, 3.05) is 0 Å². The molecule has 0 amide bonds. The van der Waals surface area contributed by atoms with Crippen LogP contribution in [0, 0.1) is 27.7 Å². The van der Waals surface area contributed by atoms with Gasteiger partial charge in [0.1, 0.15) is 0 Å². The Morgan fingerprint density at radius 3 is 1.36 bits per heavy atom. The maximum atomic E-state index is 12.1. The second-order valence-corrected chi connectivity index (χ2v) is 6.79.